The molecule has 0 unspecified atom stereocenters. The number of aliphatic hydroxyl groups excluding tert-OH is 1. The van der Waals surface area contributed by atoms with Crippen LogP contribution >= 0.6 is 0 Å². The van der Waals surface area contributed by atoms with Crippen molar-refractivity contribution in [2.45, 2.75) is 38.8 Å². The fourth-order valence-corrected chi connectivity index (χ4v) is 4.18. The molecule has 0 radical (unpaired) electrons. The highest BCUT2D eigenvalue weighted by Crippen LogP contribution is 2.51. The highest BCUT2D eigenvalue weighted by molar-refractivity contribution is 5.69. The lowest BCUT2D eigenvalue weighted by molar-refractivity contribution is -0.104. The molecule has 2 saturated heterocycles. The zero-order valence-electron chi connectivity index (χ0n) is 11.7. The predicted octanol–water partition coefficient (Wildman–Crippen LogP) is 1.25. The van der Waals surface area contributed by atoms with Crippen LogP contribution in [0.25, 0.3) is 0 Å². The number of carbonyl (C=O) groups excluding carboxylic acids is 1. The Hall–Kier alpha value is -0.810. The molecule has 1 saturated carbocycles. The Bertz CT molecular complexity index is 370. The zero-order chi connectivity index (χ0) is 13.6. The summed E-state index contributed by atoms with van der Waals surface area (Å²) in [4.78, 5) is 13.6. The molecule has 5 nitrogen and oxygen atoms in total. The van der Waals surface area contributed by atoms with Gasteiger partial charge in [-0.2, -0.15) is 0 Å². The molecule has 0 bridgehead atoms. The van der Waals surface area contributed by atoms with Crippen molar-refractivity contribution >= 4 is 6.09 Å². The molecule has 19 heavy (non-hydrogen) atoms. The normalized spacial score (nSPS) is 41.2. The minimum absolute atomic E-state index is 0.0679. The van der Waals surface area contributed by atoms with Crippen LogP contribution in [0.3, 0.4) is 0 Å². The molecule has 1 N–H and O–H groups in total. The first-order chi connectivity index (χ1) is 9.02. The summed E-state index contributed by atoms with van der Waals surface area (Å²) in [5.74, 6) is 0.777. The number of carbonyl (C=O) groups is 1. The quantitative estimate of drug-likeness (QED) is 0.819. The second kappa shape index (κ2) is 4.63. The topological polar surface area (TPSA) is 59.0 Å². The summed E-state index contributed by atoms with van der Waals surface area (Å²) in [5, 5.41) is 9.48. The van der Waals surface area contributed by atoms with E-state index in [9.17, 15) is 9.90 Å². The monoisotopic (exact) mass is 269 g/mol. The van der Waals surface area contributed by atoms with Crippen LogP contribution in [0.4, 0.5) is 4.79 Å². The van der Waals surface area contributed by atoms with Crippen LogP contribution in [-0.4, -0.2) is 54.6 Å². The third-order valence-electron chi connectivity index (χ3n) is 4.95. The fraction of sp³-hybridized carbons (Fsp3) is 0.929. The largest absolute Gasteiger partial charge is 0.448 e. The van der Waals surface area contributed by atoms with Crippen molar-refractivity contribution in [3.63, 3.8) is 0 Å². The summed E-state index contributed by atoms with van der Waals surface area (Å²) in [6.45, 7) is 6.28. The first kappa shape index (κ1) is 13.2. The van der Waals surface area contributed by atoms with Crippen LogP contribution in [0.5, 0.6) is 0 Å². The van der Waals surface area contributed by atoms with Gasteiger partial charge in [-0.25, -0.2) is 4.79 Å². The fourth-order valence-electron chi connectivity index (χ4n) is 4.18. The van der Waals surface area contributed by atoms with E-state index in [0.29, 0.717) is 31.6 Å². The van der Waals surface area contributed by atoms with Gasteiger partial charge < -0.3 is 14.6 Å². The summed E-state index contributed by atoms with van der Waals surface area (Å²) >= 11 is 0. The van der Waals surface area contributed by atoms with Gasteiger partial charge in [0.2, 0.25) is 0 Å². The molecule has 3 rings (SSSR count). The average Bonchev–Trinajstić information content (AvgIpc) is 2.90. The van der Waals surface area contributed by atoms with Crippen molar-refractivity contribution in [1.29, 1.82) is 0 Å². The van der Waals surface area contributed by atoms with Gasteiger partial charge in [-0.3, -0.25) is 4.90 Å². The number of fused-ring (bicyclic) bond motifs is 1. The Balaban J connectivity index is 1.81. The van der Waals surface area contributed by atoms with Crippen molar-refractivity contribution < 1.29 is 19.4 Å². The van der Waals surface area contributed by atoms with Gasteiger partial charge in [0.05, 0.1) is 31.9 Å². The Kier molecular flexibility index (Phi) is 3.21. The Morgan fingerprint density at radius 2 is 2.11 bits per heavy atom. The predicted molar refractivity (Wildman–Crippen MR) is 68.7 cm³/mol. The SMILES string of the molecule is CC1(C)C[C@@H]2[C@H](C1)[C@H](N1CCOC1=O)CO[C@@H]2CO. The van der Waals surface area contributed by atoms with Crippen LogP contribution in [0, 0.1) is 17.3 Å². The maximum absolute atomic E-state index is 11.8. The molecule has 0 aromatic heterocycles. The average molecular weight is 269 g/mol. The molecule has 108 valence electrons. The number of hydrogen-bond acceptors (Lipinski definition) is 4. The smallest absolute Gasteiger partial charge is 0.410 e. The molecule has 2 aliphatic heterocycles. The molecular weight excluding hydrogens is 246 g/mol. The van der Waals surface area contributed by atoms with Gasteiger partial charge in [0, 0.05) is 0 Å². The highest BCUT2D eigenvalue weighted by Gasteiger charge is 2.52. The Morgan fingerprint density at radius 1 is 1.37 bits per heavy atom. The maximum Gasteiger partial charge on any atom is 0.410 e. The first-order valence-corrected chi connectivity index (χ1v) is 7.18. The van der Waals surface area contributed by atoms with Crippen LogP contribution in [0.15, 0.2) is 0 Å². The second-order valence-electron chi connectivity index (χ2n) is 6.83. The summed E-state index contributed by atoms with van der Waals surface area (Å²) in [7, 11) is 0. The van der Waals surface area contributed by atoms with Gasteiger partial charge >= 0.3 is 6.09 Å². The summed E-state index contributed by atoms with van der Waals surface area (Å²) < 4.78 is 10.9. The van der Waals surface area contributed by atoms with Gasteiger partial charge in [-0.05, 0) is 30.1 Å². The minimum Gasteiger partial charge on any atom is -0.448 e. The number of rotatable bonds is 2. The van der Waals surface area contributed by atoms with E-state index in [-0.39, 0.29) is 30.3 Å². The number of hydrogen-bond donors (Lipinski definition) is 1. The van der Waals surface area contributed by atoms with Crippen molar-refractivity contribution in [2.75, 3.05) is 26.4 Å². The molecule has 0 spiro atoms. The van der Waals surface area contributed by atoms with Gasteiger partial charge in [-0.1, -0.05) is 13.8 Å². The van der Waals surface area contributed by atoms with E-state index in [4.69, 9.17) is 9.47 Å². The number of amides is 1. The molecule has 3 aliphatic rings. The Morgan fingerprint density at radius 3 is 2.74 bits per heavy atom. The van der Waals surface area contributed by atoms with Gasteiger partial charge in [0.1, 0.15) is 6.61 Å². The number of nitrogens with zero attached hydrogens (tertiary/aromatic N) is 1. The third-order valence-corrected chi connectivity index (χ3v) is 4.95. The summed E-state index contributed by atoms with van der Waals surface area (Å²) in [6, 6.07) is 0.115. The molecule has 2 heterocycles. The standard InChI is InChI=1S/C14H23NO4/c1-14(2)5-9-10(6-14)12(7-16)19-8-11(9)15-3-4-18-13(15)17/h9-12,16H,3-8H2,1-2H3/t9-,10+,11+,12+/m0/s1. The molecule has 3 fully saturated rings. The van der Waals surface area contributed by atoms with E-state index >= 15 is 0 Å². The Labute approximate surface area is 113 Å². The number of aliphatic hydroxyl groups is 1. The first-order valence-electron chi connectivity index (χ1n) is 7.18. The van der Waals surface area contributed by atoms with Gasteiger partial charge in [0.15, 0.2) is 0 Å². The summed E-state index contributed by atoms with van der Waals surface area (Å²) in [6.07, 6.45) is 1.87. The number of cyclic esters (lactones) is 1. The highest BCUT2D eigenvalue weighted by atomic mass is 16.6. The van der Waals surface area contributed by atoms with Crippen LogP contribution in [0.1, 0.15) is 26.7 Å². The third kappa shape index (κ3) is 2.23. The second-order valence-corrected chi connectivity index (χ2v) is 6.83. The molecule has 1 amide bonds. The van der Waals surface area contributed by atoms with E-state index in [1.54, 1.807) is 0 Å². The van der Waals surface area contributed by atoms with E-state index in [0.717, 1.165) is 12.8 Å². The number of ether oxygens (including phenoxy) is 2. The van der Waals surface area contributed by atoms with Crippen molar-refractivity contribution in [1.82, 2.24) is 4.90 Å². The summed E-state index contributed by atoms with van der Waals surface area (Å²) in [5.41, 5.74) is 0.262. The van der Waals surface area contributed by atoms with E-state index in [1.165, 1.54) is 0 Å². The minimum atomic E-state index is -0.209. The van der Waals surface area contributed by atoms with Crippen molar-refractivity contribution in [2.24, 2.45) is 17.3 Å². The maximum atomic E-state index is 11.8. The zero-order valence-corrected chi connectivity index (χ0v) is 11.7. The lowest BCUT2D eigenvalue weighted by Gasteiger charge is -2.42. The van der Waals surface area contributed by atoms with E-state index in [2.05, 4.69) is 13.8 Å². The molecule has 4 atom stereocenters. The van der Waals surface area contributed by atoms with Crippen LogP contribution in [-0.2, 0) is 9.47 Å². The molecule has 0 aromatic rings. The molecule has 0 aromatic carbocycles. The van der Waals surface area contributed by atoms with Gasteiger partial charge in [0.25, 0.3) is 0 Å². The van der Waals surface area contributed by atoms with Gasteiger partial charge in [-0.15, -0.1) is 0 Å². The van der Waals surface area contributed by atoms with Crippen molar-refractivity contribution in [3.8, 4) is 0 Å². The van der Waals surface area contributed by atoms with E-state index in [1.807, 2.05) is 4.90 Å². The molecule has 1 aliphatic carbocycles. The lowest BCUT2D eigenvalue weighted by Crippen LogP contribution is -2.52. The van der Waals surface area contributed by atoms with Crippen LogP contribution < -0.4 is 0 Å². The van der Waals surface area contributed by atoms with E-state index < -0.39 is 0 Å². The lowest BCUT2D eigenvalue weighted by atomic mass is 9.82. The molecule has 5 heteroatoms. The molecular formula is C14H23NO4. The van der Waals surface area contributed by atoms with Crippen molar-refractivity contribution in [3.05, 3.63) is 0 Å². The van der Waals surface area contributed by atoms with Crippen LogP contribution in [0.2, 0.25) is 0 Å².